The van der Waals surface area contributed by atoms with Gasteiger partial charge in [-0.1, -0.05) is 0 Å². The number of imidazole rings is 2. The Hall–Kier alpha value is -4.90. The lowest BCUT2D eigenvalue weighted by Gasteiger charge is -2.20. The van der Waals surface area contributed by atoms with Crippen molar-refractivity contribution in [2.45, 2.75) is 77.3 Å². The number of nitrogen functional groups attached to an aromatic ring is 2. The van der Waals surface area contributed by atoms with E-state index in [4.69, 9.17) is 21.1 Å². The molecule has 1 aliphatic rings. The van der Waals surface area contributed by atoms with E-state index in [2.05, 4.69) is 82.3 Å². The number of nitrogens with zero attached hydrogens (tertiary/aromatic N) is 10. The second-order valence-corrected chi connectivity index (χ2v) is 16.1. The van der Waals surface area contributed by atoms with Crippen LogP contribution < -0.4 is 38.9 Å². The number of aryl methyl sites for hydroxylation is 5. The summed E-state index contributed by atoms with van der Waals surface area (Å²) in [5, 5.41) is 20.0. The predicted octanol–water partition coefficient (Wildman–Crippen LogP) is -1.44. The van der Waals surface area contributed by atoms with Crippen LogP contribution in [0.3, 0.4) is 0 Å². The van der Waals surface area contributed by atoms with Crippen molar-refractivity contribution in [1.82, 2.24) is 58.1 Å². The van der Waals surface area contributed by atoms with Crippen LogP contribution in [0.4, 0.5) is 11.6 Å². The number of nitrogens with two attached hydrogens (primary N) is 2. The van der Waals surface area contributed by atoms with E-state index in [1.54, 1.807) is 32.6 Å². The fourth-order valence-corrected chi connectivity index (χ4v) is 6.43. The first-order valence-corrected chi connectivity index (χ1v) is 22.3. The second-order valence-electron chi connectivity index (χ2n) is 13.5. The van der Waals surface area contributed by atoms with Crippen LogP contribution in [-0.2, 0) is 33.5 Å². The number of phosphoric acid groups is 1. The van der Waals surface area contributed by atoms with Gasteiger partial charge in [0, 0.05) is 43.2 Å². The molecule has 0 spiro atoms. The number of aromatic nitrogens is 12. The summed E-state index contributed by atoms with van der Waals surface area (Å²) in [6, 6.07) is 0. The number of H-pyrrole nitrogens is 2. The summed E-state index contributed by atoms with van der Waals surface area (Å²) < 4.78 is 26.5. The molecule has 1 aliphatic heterocycles. The number of fused-ring (bicyclic) bond motifs is 2. The zero-order valence-electron chi connectivity index (χ0n) is 33.9. The van der Waals surface area contributed by atoms with E-state index in [0.717, 1.165) is 48.7 Å². The predicted molar refractivity (Wildman–Crippen MR) is 239 cm³/mol. The maximum absolute atomic E-state index is 11.2. The maximum atomic E-state index is 11.2. The number of aliphatic hydroxyl groups excluding tert-OH is 2. The van der Waals surface area contributed by atoms with Crippen LogP contribution in [0, 0.1) is 13.8 Å². The van der Waals surface area contributed by atoms with E-state index >= 15 is 0 Å². The average Bonchev–Trinajstić information content (AvgIpc) is 3.95. The van der Waals surface area contributed by atoms with E-state index < -0.39 is 39.0 Å². The Balaban J connectivity index is 0.000000192. The third kappa shape index (κ3) is 14.0. The smallest absolute Gasteiger partial charge is 0.328 e. The van der Waals surface area contributed by atoms with Crippen LogP contribution in [0.25, 0.3) is 22.3 Å². The molecule has 0 bridgehead atoms. The van der Waals surface area contributed by atoms with Crippen molar-refractivity contribution in [3.8, 4) is 0 Å². The van der Waals surface area contributed by atoms with Crippen molar-refractivity contribution < 1.29 is 33.8 Å². The van der Waals surface area contributed by atoms with Crippen LogP contribution in [0.15, 0.2) is 56.9 Å². The van der Waals surface area contributed by atoms with Crippen LogP contribution in [-0.4, -0.2) is 115 Å². The molecule has 7 rings (SSSR count). The van der Waals surface area contributed by atoms with E-state index in [-0.39, 0.29) is 39.5 Å². The highest BCUT2D eigenvalue weighted by Gasteiger charge is 2.44. The second kappa shape index (κ2) is 23.7. The summed E-state index contributed by atoms with van der Waals surface area (Å²) in [5.41, 5.74) is 13.1. The normalized spacial score (nSPS) is 17.9. The third-order valence-electron chi connectivity index (χ3n) is 8.88. The lowest BCUT2D eigenvalue weighted by Crippen LogP contribution is -2.34. The monoisotopic (exact) mass is 955 g/mol. The Bertz CT molecular complexity index is 2640. The topological polar surface area (TPSA) is 368 Å². The minimum absolute atomic E-state index is 0.134. The molecule has 0 saturated carbocycles. The summed E-state index contributed by atoms with van der Waals surface area (Å²) in [6.45, 7) is 4.75. The van der Waals surface area contributed by atoms with E-state index in [1.807, 2.05) is 4.57 Å². The Morgan fingerprint density at radius 2 is 1.21 bits per heavy atom. The van der Waals surface area contributed by atoms with E-state index in [1.165, 1.54) is 32.7 Å². The zero-order chi connectivity index (χ0) is 46.4. The van der Waals surface area contributed by atoms with Gasteiger partial charge in [-0.2, -0.15) is 37.9 Å². The van der Waals surface area contributed by atoms with Crippen LogP contribution in [0.2, 0.25) is 0 Å². The molecule has 0 aliphatic carbocycles. The minimum atomic E-state index is -4.97. The molecule has 1 saturated heterocycles. The van der Waals surface area contributed by atoms with Gasteiger partial charge < -0.3 is 54.4 Å². The minimum Gasteiger partial charge on any atom is -0.756 e. The van der Waals surface area contributed by atoms with Gasteiger partial charge >= 0.3 is 11.4 Å². The van der Waals surface area contributed by atoms with E-state index in [0.29, 0.717) is 35.6 Å². The quantitative estimate of drug-likeness (QED) is 0.0468. The number of hydrogen-bond donors (Lipinski definition) is 10. The standard InChI is InChI=1S/C10H14N5O7P.C8H11N5S.2C8H12N2O2S/c11-8-5-9(13-2-12-8)15(3-14-5)10-7(17)6(16)4(22-10)1-21-23(18,19)20;9-7-6-8(11-4-10-7)13(5-12-6)2-1-3-14;2*1-6-5-10(3-2-4-13)8(12)9-7(6)11/h2-4,6-7,10,16-17H,1H2,(H2,11,12,13)(H2,18,19,20);4-5,14H,1-3H2,(H2,9,10,11);2*5,13H,2-4H2,1H3,(H,9,11,12)/p-1. The summed E-state index contributed by atoms with van der Waals surface area (Å²) in [7, 11) is -4.97. The van der Waals surface area contributed by atoms with Gasteiger partial charge in [0.25, 0.3) is 18.9 Å². The number of phosphoric ester groups is 1. The maximum Gasteiger partial charge on any atom is 0.328 e. The van der Waals surface area contributed by atoms with Gasteiger partial charge in [-0.3, -0.25) is 28.7 Å². The molecule has 1 fully saturated rings. The van der Waals surface area contributed by atoms with Crippen molar-refractivity contribution >= 4 is 79.7 Å². The molecule has 6 aromatic rings. The Morgan fingerprint density at radius 1 is 0.746 bits per heavy atom. The fraction of sp³-hybridized carbons (Fsp3) is 0.471. The first-order chi connectivity index (χ1) is 29.9. The number of ether oxygens (including phenoxy) is 1. The van der Waals surface area contributed by atoms with Crippen LogP contribution >= 0.6 is 45.7 Å². The average molecular weight is 956 g/mol. The SMILES string of the molecule is Cc1cn(CCCS)c(=O)[nH]c1=O.Cc1cn(CCCS)c(=O)[nH]c1=O.Nc1ncnc2c1ncn2C1OC(COP(=O)([O-])O)C(O)C1O.Nc1ncnc2c1ncn2CCCS. The number of thiol groups is 3. The zero-order valence-corrected chi connectivity index (χ0v) is 37.4. The van der Waals surface area contributed by atoms with Crippen molar-refractivity contribution in [2.75, 3.05) is 35.3 Å². The van der Waals surface area contributed by atoms with Gasteiger partial charge in [0.15, 0.2) is 29.2 Å². The molecule has 9 N–H and O–H groups in total. The van der Waals surface area contributed by atoms with Crippen molar-refractivity contribution in [2.24, 2.45) is 0 Å². The number of hydrogen-bond acceptors (Lipinski definition) is 21. The number of aliphatic hydroxyl groups is 2. The lowest BCUT2D eigenvalue weighted by atomic mass is 10.1. The Labute approximate surface area is 373 Å². The number of anilines is 2. The molecule has 7 heterocycles. The van der Waals surface area contributed by atoms with Crippen molar-refractivity contribution in [3.05, 3.63) is 90.5 Å². The van der Waals surface area contributed by atoms with Crippen molar-refractivity contribution in [1.29, 1.82) is 0 Å². The van der Waals surface area contributed by atoms with Crippen LogP contribution in [0.1, 0.15) is 36.6 Å². The first kappa shape index (κ1) is 50.7. The highest BCUT2D eigenvalue weighted by molar-refractivity contribution is 7.80. The van der Waals surface area contributed by atoms with Crippen molar-refractivity contribution in [3.63, 3.8) is 0 Å². The van der Waals surface area contributed by atoms with E-state index in [9.17, 15) is 38.8 Å². The van der Waals surface area contributed by atoms with Gasteiger partial charge in [0.2, 0.25) is 0 Å². The molecule has 344 valence electrons. The highest BCUT2D eigenvalue weighted by atomic mass is 32.1. The first-order valence-electron chi connectivity index (χ1n) is 18.9. The molecule has 5 unspecified atom stereocenters. The van der Waals surface area contributed by atoms with Gasteiger partial charge in [-0.25, -0.2) is 39.5 Å². The van der Waals surface area contributed by atoms with Gasteiger partial charge in [-0.05, 0) is 50.4 Å². The number of nitrogens with one attached hydrogen (secondary N) is 2. The lowest BCUT2D eigenvalue weighted by molar-refractivity contribution is -0.222. The van der Waals surface area contributed by atoms with Gasteiger partial charge in [0.05, 0.1) is 19.3 Å². The summed E-state index contributed by atoms with van der Waals surface area (Å²) >= 11 is 12.2. The summed E-state index contributed by atoms with van der Waals surface area (Å²) in [6.07, 6.45) is 6.33. The molecule has 0 amide bonds. The summed E-state index contributed by atoms with van der Waals surface area (Å²) in [5.74, 6) is 2.86. The van der Waals surface area contributed by atoms with Gasteiger partial charge in [-0.15, -0.1) is 0 Å². The number of rotatable bonds is 13. The molecule has 25 nitrogen and oxygen atoms in total. The third-order valence-corrected chi connectivity index (χ3v) is 10.3. The molecular weight excluding hydrogens is 908 g/mol. The molecule has 63 heavy (non-hydrogen) atoms. The largest absolute Gasteiger partial charge is 0.756 e. The number of aromatic amines is 2. The molecule has 6 aromatic heterocycles. The summed E-state index contributed by atoms with van der Waals surface area (Å²) in [4.78, 5) is 92.0. The molecule has 0 aromatic carbocycles. The Kier molecular flexibility index (Phi) is 19.1. The Morgan fingerprint density at radius 3 is 1.70 bits per heavy atom. The highest BCUT2D eigenvalue weighted by Crippen LogP contribution is 2.36. The van der Waals surface area contributed by atoms with Gasteiger partial charge in [0.1, 0.15) is 42.0 Å². The molecular formula is C34H48N14O11PS3-. The van der Waals surface area contributed by atoms with Crippen LogP contribution in [0.5, 0.6) is 0 Å². The molecule has 0 radical (unpaired) electrons. The molecule has 29 heteroatoms. The fourth-order valence-electron chi connectivity index (χ4n) is 5.68. The molecule has 5 atom stereocenters.